The Bertz CT molecular complexity index is 329. The van der Waals surface area contributed by atoms with Crippen LogP contribution in [0.1, 0.15) is 51.0 Å². The van der Waals surface area contributed by atoms with Gasteiger partial charge in [0.1, 0.15) is 5.01 Å². The SMILES string of the molecule is CC(C)CC1(c2nc(Cl)ns2)CCCC1. The molecule has 2 rings (SSSR count). The van der Waals surface area contributed by atoms with Crippen molar-refractivity contribution in [2.75, 3.05) is 0 Å². The standard InChI is InChI=1S/C11H17ClN2S/c1-8(2)7-11(5-3-4-6-11)9-13-10(12)14-15-9/h8H,3-7H2,1-2H3. The molecule has 84 valence electrons. The van der Waals surface area contributed by atoms with Crippen molar-refractivity contribution in [3.05, 3.63) is 10.3 Å². The molecule has 4 heteroatoms. The van der Waals surface area contributed by atoms with Gasteiger partial charge in [0.15, 0.2) is 0 Å². The van der Waals surface area contributed by atoms with Crippen LogP contribution in [-0.2, 0) is 5.41 Å². The van der Waals surface area contributed by atoms with Crippen molar-refractivity contribution in [3.8, 4) is 0 Å². The summed E-state index contributed by atoms with van der Waals surface area (Å²) in [6, 6.07) is 0. The molecule has 0 amide bonds. The molecule has 0 bridgehead atoms. The van der Waals surface area contributed by atoms with Crippen molar-refractivity contribution in [3.63, 3.8) is 0 Å². The van der Waals surface area contributed by atoms with E-state index in [1.807, 2.05) is 0 Å². The van der Waals surface area contributed by atoms with Gasteiger partial charge < -0.3 is 0 Å². The third kappa shape index (κ3) is 2.34. The first-order valence-electron chi connectivity index (χ1n) is 5.62. The minimum atomic E-state index is 0.291. The molecule has 15 heavy (non-hydrogen) atoms. The van der Waals surface area contributed by atoms with Gasteiger partial charge in [-0.05, 0) is 48.3 Å². The topological polar surface area (TPSA) is 25.8 Å². The van der Waals surface area contributed by atoms with Gasteiger partial charge in [0.05, 0.1) is 0 Å². The van der Waals surface area contributed by atoms with Crippen LogP contribution in [-0.4, -0.2) is 9.36 Å². The van der Waals surface area contributed by atoms with E-state index in [4.69, 9.17) is 11.6 Å². The quantitative estimate of drug-likeness (QED) is 0.802. The first-order chi connectivity index (χ1) is 7.12. The van der Waals surface area contributed by atoms with Gasteiger partial charge in [-0.25, -0.2) is 4.98 Å². The van der Waals surface area contributed by atoms with Gasteiger partial charge in [0, 0.05) is 5.41 Å². The minimum absolute atomic E-state index is 0.291. The van der Waals surface area contributed by atoms with Crippen molar-refractivity contribution in [2.24, 2.45) is 5.92 Å². The highest BCUT2D eigenvalue weighted by molar-refractivity contribution is 7.05. The van der Waals surface area contributed by atoms with E-state index in [1.54, 1.807) is 0 Å². The molecule has 1 aromatic heterocycles. The predicted molar refractivity (Wildman–Crippen MR) is 64.5 cm³/mol. The van der Waals surface area contributed by atoms with Crippen LogP contribution >= 0.6 is 23.1 Å². The Kier molecular flexibility index (Phi) is 3.31. The summed E-state index contributed by atoms with van der Waals surface area (Å²) in [5.74, 6) is 0.714. The van der Waals surface area contributed by atoms with Crippen molar-refractivity contribution in [2.45, 2.75) is 51.4 Å². The van der Waals surface area contributed by atoms with Gasteiger partial charge in [-0.3, -0.25) is 0 Å². The lowest BCUT2D eigenvalue weighted by Gasteiger charge is -2.27. The average molecular weight is 245 g/mol. The molecule has 1 aliphatic carbocycles. The van der Waals surface area contributed by atoms with E-state index in [0.29, 0.717) is 16.6 Å². The lowest BCUT2D eigenvalue weighted by molar-refractivity contribution is 0.345. The van der Waals surface area contributed by atoms with E-state index in [1.165, 1.54) is 48.6 Å². The van der Waals surface area contributed by atoms with Crippen LogP contribution in [0.4, 0.5) is 0 Å². The molecule has 1 heterocycles. The highest BCUT2D eigenvalue weighted by Crippen LogP contribution is 2.46. The minimum Gasteiger partial charge on any atom is -0.209 e. The number of aromatic nitrogens is 2. The Morgan fingerprint density at radius 2 is 2.07 bits per heavy atom. The van der Waals surface area contributed by atoms with Gasteiger partial charge in [-0.2, -0.15) is 4.37 Å². The highest BCUT2D eigenvalue weighted by Gasteiger charge is 2.39. The summed E-state index contributed by atoms with van der Waals surface area (Å²) in [7, 11) is 0. The first-order valence-corrected chi connectivity index (χ1v) is 6.77. The number of hydrogen-bond donors (Lipinski definition) is 0. The molecule has 2 nitrogen and oxygen atoms in total. The number of rotatable bonds is 3. The third-order valence-electron chi connectivity index (χ3n) is 3.21. The van der Waals surface area contributed by atoms with Crippen LogP contribution in [0, 0.1) is 5.92 Å². The Morgan fingerprint density at radius 3 is 2.53 bits per heavy atom. The van der Waals surface area contributed by atoms with E-state index in [-0.39, 0.29) is 0 Å². The smallest absolute Gasteiger partial charge is 0.209 e. The molecule has 0 aromatic carbocycles. The molecule has 0 spiro atoms. The molecule has 0 atom stereocenters. The van der Waals surface area contributed by atoms with Crippen LogP contribution in [0.2, 0.25) is 5.28 Å². The molecule has 1 aliphatic rings. The van der Waals surface area contributed by atoms with Gasteiger partial charge >= 0.3 is 0 Å². The lowest BCUT2D eigenvalue weighted by atomic mass is 9.79. The fraction of sp³-hybridized carbons (Fsp3) is 0.818. The summed E-state index contributed by atoms with van der Waals surface area (Å²) >= 11 is 7.32. The van der Waals surface area contributed by atoms with Crippen LogP contribution in [0.15, 0.2) is 0 Å². The Morgan fingerprint density at radius 1 is 1.40 bits per heavy atom. The van der Waals surface area contributed by atoms with Crippen molar-refractivity contribution < 1.29 is 0 Å². The number of halogens is 1. The summed E-state index contributed by atoms with van der Waals surface area (Å²) in [5, 5.41) is 1.59. The highest BCUT2D eigenvalue weighted by atomic mass is 35.5. The summed E-state index contributed by atoms with van der Waals surface area (Å²) in [5.41, 5.74) is 0.291. The fourth-order valence-corrected chi connectivity index (χ4v) is 3.81. The van der Waals surface area contributed by atoms with Crippen LogP contribution in [0.5, 0.6) is 0 Å². The molecular weight excluding hydrogens is 228 g/mol. The maximum atomic E-state index is 5.83. The molecule has 0 aliphatic heterocycles. The Balaban J connectivity index is 2.26. The van der Waals surface area contributed by atoms with Crippen molar-refractivity contribution in [1.82, 2.24) is 9.36 Å². The fourth-order valence-electron chi connectivity index (χ4n) is 2.76. The third-order valence-corrected chi connectivity index (χ3v) is 4.45. The second-order valence-electron chi connectivity index (χ2n) is 4.95. The van der Waals surface area contributed by atoms with Gasteiger partial charge in [0.2, 0.25) is 5.28 Å². The maximum absolute atomic E-state index is 5.83. The molecule has 0 radical (unpaired) electrons. The summed E-state index contributed by atoms with van der Waals surface area (Å²) in [6.45, 7) is 4.56. The zero-order valence-corrected chi connectivity index (χ0v) is 10.9. The molecule has 1 fully saturated rings. The molecule has 1 aromatic rings. The summed E-state index contributed by atoms with van der Waals surface area (Å²) in [4.78, 5) is 4.39. The Hall–Kier alpha value is -0.150. The largest absolute Gasteiger partial charge is 0.234 e. The van der Waals surface area contributed by atoms with Gasteiger partial charge in [-0.15, -0.1) is 0 Å². The monoisotopic (exact) mass is 244 g/mol. The molecule has 1 saturated carbocycles. The van der Waals surface area contributed by atoms with Gasteiger partial charge in [-0.1, -0.05) is 26.7 Å². The van der Waals surface area contributed by atoms with E-state index in [0.717, 1.165) is 0 Å². The number of hydrogen-bond acceptors (Lipinski definition) is 3. The predicted octanol–water partition coefficient (Wildman–Crippen LogP) is 4.05. The van der Waals surface area contributed by atoms with E-state index >= 15 is 0 Å². The first kappa shape index (κ1) is 11.3. The van der Waals surface area contributed by atoms with Crippen molar-refractivity contribution >= 4 is 23.1 Å². The van der Waals surface area contributed by atoms with Crippen molar-refractivity contribution in [1.29, 1.82) is 0 Å². The van der Waals surface area contributed by atoms with Crippen LogP contribution in [0.3, 0.4) is 0 Å². The normalized spacial score (nSPS) is 20.0. The zero-order chi connectivity index (χ0) is 10.9. The zero-order valence-electron chi connectivity index (χ0n) is 9.29. The van der Waals surface area contributed by atoms with Gasteiger partial charge in [0.25, 0.3) is 0 Å². The summed E-state index contributed by atoms with van der Waals surface area (Å²) < 4.78 is 4.11. The van der Waals surface area contributed by atoms with E-state index in [9.17, 15) is 0 Å². The summed E-state index contributed by atoms with van der Waals surface area (Å²) in [6.07, 6.45) is 6.39. The number of nitrogens with zero attached hydrogens (tertiary/aromatic N) is 2. The molecular formula is C11H17ClN2S. The van der Waals surface area contributed by atoms with E-state index < -0.39 is 0 Å². The molecule has 0 N–H and O–H groups in total. The lowest BCUT2D eigenvalue weighted by Crippen LogP contribution is -2.24. The average Bonchev–Trinajstić information content (AvgIpc) is 2.73. The van der Waals surface area contributed by atoms with Crippen LogP contribution in [0.25, 0.3) is 0 Å². The van der Waals surface area contributed by atoms with E-state index in [2.05, 4.69) is 23.2 Å². The molecule has 0 saturated heterocycles. The Labute approximate surface area is 100 Å². The molecule has 0 unspecified atom stereocenters. The second-order valence-corrected chi connectivity index (χ2v) is 6.04. The second kappa shape index (κ2) is 4.38. The van der Waals surface area contributed by atoms with Crippen LogP contribution < -0.4 is 0 Å². The maximum Gasteiger partial charge on any atom is 0.234 e.